The fourth-order valence-corrected chi connectivity index (χ4v) is 2.31. The van der Waals surface area contributed by atoms with Gasteiger partial charge >= 0.3 is 0 Å². The normalized spacial score (nSPS) is 12.3. The lowest BCUT2D eigenvalue weighted by Gasteiger charge is -2.11. The fourth-order valence-electron chi connectivity index (χ4n) is 1.94. The molecule has 0 bridgehead atoms. The number of rotatable bonds is 5. The van der Waals surface area contributed by atoms with Crippen LogP contribution in [0.3, 0.4) is 0 Å². The average Bonchev–Trinajstić information content (AvgIpc) is 2.44. The molecule has 4 heteroatoms. The minimum absolute atomic E-state index is 0.0780. The highest BCUT2D eigenvalue weighted by Gasteiger charge is 2.11. The Morgan fingerprint density at radius 3 is 2.95 bits per heavy atom. The summed E-state index contributed by atoms with van der Waals surface area (Å²) in [6.45, 7) is 2.71. The number of hydrogen-bond acceptors (Lipinski definition) is 2. The Morgan fingerprint density at radius 1 is 1.37 bits per heavy atom. The van der Waals surface area contributed by atoms with Crippen LogP contribution in [0.5, 0.6) is 0 Å². The first-order valence-corrected chi connectivity index (χ1v) is 6.93. The van der Waals surface area contributed by atoms with E-state index in [9.17, 15) is 4.79 Å². The number of fused-ring (bicyclic) bond motifs is 1. The summed E-state index contributed by atoms with van der Waals surface area (Å²) < 4.78 is 0. The number of para-hydroxylation sites is 1. The third-order valence-electron chi connectivity index (χ3n) is 3.09. The Morgan fingerprint density at radius 2 is 2.16 bits per heavy atom. The predicted octanol–water partition coefficient (Wildman–Crippen LogP) is 3.23. The molecule has 19 heavy (non-hydrogen) atoms. The van der Waals surface area contributed by atoms with Crippen LogP contribution in [-0.4, -0.2) is 23.3 Å². The topological polar surface area (TPSA) is 42.0 Å². The number of hydrogen-bond donors (Lipinski definition) is 1. The second-order valence-corrected chi connectivity index (χ2v) is 5.05. The third-order valence-corrected chi connectivity index (χ3v) is 3.31. The maximum Gasteiger partial charge on any atom is 0.253 e. The first-order chi connectivity index (χ1) is 9.22. The predicted molar refractivity (Wildman–Crippen MR) is 78.6 cm³/mol. The molecular weight excluding hydrogens is 260 g/mol. The minimum atomic E-state index is -0.0780. The molecule has 1 aromatic heterocycles. The Kier molecular flexibility index (Phi) is 4.74. The molecule has 3 nitrogen and oxygen atoms in total. The highest BCUT2D eigenvalue weighted by atomic mass is 35.5. The van der Waals surface area contributed by atoms with E-state index in [2.05, 4.69) is 17.2 Å². The van der Waals surface area contributed by atoms with Gasteiger partial charge in [0.15, 0.2) is 0 Å². The van der Waals surface area contributed by atoms with Crippen molar-refractivity contribution >= 4 is 28.4 Å². The number of carbonyl (C=O) groups excluding carboxylic acids is 1. The van der Waals surface area contributed by atoms with E-state index in [1.54, 1.807) is 12.3 Å². The number of nitrogens with one attached hydrogen (secondary N) is 1. The van der Waals surface area contributed by atoms with Crippen LogP contribution < -0.4 is 5.32 Å². The molecule has 0 radical (unpaired) electrons. The van der Waals surface area contributed by atoms with Gasteiger partial charge in [0.2, 0.25) is 0 Å². The molecule has 2 aromatic rings. The van der Waals surface area contributed by atoms with E-state index >= 15 is 0 Å². The summed E-state index contributed by atoms with van der Waals surface area (Å²) in [5, 5.41) is 3.91. The second kappa shape index (κ2) is 6.53. The maximum absolute atomic E-state index is 12.2. The van der Waals surface area contributed by atoms with Crippen LogP contribution >= 0.6 is 11.6 Å². The Labute approximate surface area is 118 Å². The molecule has 0 spiro atoms. The van der Waals surface area contributed by atoms with Gasteiger partial charge in [-0.2, -0.15) is 0 Å². The van der Waals surface area contributed by atoms with E-state index in [-0.39, 0.29) is 5.91 Å². The Bertz CT molecular complexity index is 566. The number of aromatic nitrogens is 1. The summed E-state index contributed by atoms with van der Waals surface area (Å²) in [6, 6.07) is 9.45. The first kappa shape index (κ1) is 13.8. The molecule has 0 saturated carbocycles. The lowest BCUT2D eigenvalue weighted by atomic mass is 10.1. The van der Waals surface area contributed by atoms with Gasteiger partial charge in [-0.1, -0.05) is 25.1 Å². The molecule has 1 amide bonds. The number of pyridine rings is 1. The van der Waals surface area contributed by atoms with Crippen molar-refractivity contribution in [3.8, 4) is 0 Å². The van der Waals surface area contributed by atoms with E-state index in [1.807, 2.05) is 24.3 Å². The van der Waals surface area contributed by atoms with Gasteiger partial charge in [-0.3, -0.25) is 9.78 Å². The molecule has 0 aliphatic carbocycles. The molecule has 1 heterocycles. The lowest BCUT2D eigenvalue weighted by molar-refractivity contribution is 0.0949. The zero-order valence-electron chi connectivity index (χ0n) is 10.9. The molecular formula is C15H17ClN2O. The molecule has 0 saturated heterocycles. The van der Waals surface area contributed by atoms with Crippen molar-refractivity contribution in [1.29, 1.82) is 0 Å². The van der Waals surface area contributed by atoms with Gasteiger partial charge in [0.05, 0.1) is 11.1 Å². The maximum atomic E-state index is 12.2. The molecule has 0 fully saturated rings. The molecule has 0 aliphatic rings. The van der Waals surface area contributed by atoms with E-state index in [1.165, 1.54) is 0 Å². The van der Waals surface area contributed by atoms with E-state index in [4.69, 9.17) is 11.6 Å². The molecule has 1 aromatic carbocycles. The van der Waals surface area contributed by atoms with Crippen LogP contribution in [0.4, 0.5) is 0 Å². The van der Waals surface area contributed by atoms with E-state index in [0.717, 1.165) is 17.3 Å². The van der Waals surface area contributed by atoms with Gasteiger partial charge in [-0.15, -0.1) is 11.6 Å². The number of alkyl halides is 1. The monoisotopic (exact) mass is 276 g/mol. The second-order valence-electron chi connectivity index (χ2n) is 4.67. The van der Waals surface area contributed by atoms with Crippen LogP contribution in [0.25, 0.3) is 10.9 Å². The number of halogens is 1. The van der Waals surface area contributed by atoms with Gasteiger partial charge < -0.3 is 5.32 Å². The number of nitrogens with zero attached hydrogens (tertiary/aromatic N) is 1. The summed E-state index contributed by atoms with van der Waals surface area (Å²) in [7, 11) is 0. The Hall–Kier alpha value is -1.61. The summed E-state index contributed by atoms with van der Waals surface area (Å²) >= 11 is 5.68. The van der Waals surface area contributed by atoms with Crippen molar-refractivity contribution < 1.29 is 4.79 Å². The lowest BCUT2D eigenvalue weighted by Crippen LogP contribution is -2.28. The van der Waals surface area contributed by atoms with Crippen molar-refractivity contribution in [2.45, 2.75) is 13.3 Å². The van der Waals surface area contributed by atoms with Crippen molar-refractivity contribution in [2.75, 3.05) is 12.4 Å². The highest BCUT2D eigenvalue weighted by Crippen LogP contribution is 2.15. The van der Waals surface area contributed by atoms with Gasteiger partial charge in [0.25, 0.3) is 5.91 Å². The summed E-state index contributed by atoms with van der Waals surface area (Å²) in [4.78, 5) is 16.5. The van der Waals surface area contributed by atoms with Gasteiger partial charge in [0.1, 0.15) is 0 Å². The van der Waals surface area contributed by atoms with Gasteiger partial charge in [-0.05, 0) is 24.5 Å². The van der Waals surface area contributed by atoms with Crippen LogP contribution in [0.15, 0.2) is 36.5 Å². The summed E-state index contributed by atoms with van der Waals surface area (Å²) in [5.41, 5.74) is 1.36. The number of amides is 1. The van der Waals surface area contributed by atoms with E-state index < -0.39 is 0 Å². The van der Waals surface area contributed by atoms with Crippen LogP contribution in [-0.2, 0) is 0 Å². The summed E-state index contributed by atoms with van der Waals surface area (Å²) in [6.07, 6.45) is 2.60. The van der Waals surface area contributed by atoms with Crippen molar-refractivity contribution in [3.63, 3.8) is 0 Å². The highest BCUT2D eigenvalue weighted by molar-refractivity contribution is 6.17. The average molecular weight is 277 g/mol. The van der Waals surface area contributed by atoms with Crippen molar-refractivity contribution in [2.24, 2.45) is 5.92 Å². The first-order valence-electron chi connectivity index (χ1n) is 6.40. The zero-order chi connectivity index (χ0) is 13.7. The number of carbonyl (C=O) groups is 1. The third kappa shape index (κ3) is 3.44. The van der Waals surface area contributed by atoms with Crippen molar-refractivity contribution in [1.82, 2.24) is 10.3 Å². The van der Waals surface area contributed by atoms with E-state index in [0.29, 0.717) is 23.9 Å². The van der Waals surface area contributed by atoms with Crippen LogP contribution in [0.1, 0.15) is 23.7 Å². The smallest absolute Gasteiger partial charge is 0.253 e. The molecule has 1 atom stereocenters. The number of benzene rings is 1. The molecule has 1 unspecified atom stereocenters. The molecule has 2 rings (SSSR count). The van der Waals surface area contributed by atoms with Crippen LogP contribution in [0.2, 0.25) is 0 Å². The molecule has 1 N–H and O–H groups in total. The minimum Gasteiger partial charge on any atom is -0.352 e. The molecule has 100 valence electrons. The largest absolute Gasteiger partial charge is 0.352 e. The van der Waals surface area contributed by atoms with Crippen molar-refractivity contribution in [3.05, 3.63) is 42.1 Å². The fraction of sp³-hybridized carbons (Fsp3) is 0.333. The molecule has 0 aliphatic heterocycles. The standard InChI is InChI=1S/C15H17ClN2O/c1-11(7-8-16)10-18-15(19)13-6-2-4-12-5-3-9-17-14(12)13/h2-6,9,11H,7-8,10H2,1H3,(H,18,19). The van der Waals surface area contributed by atoms with Gasteiger partial charge in [0, 0.05) is 24.0 Å². The SMILES string of the molecule is CC(CCCl)CNC(=O)c1cccc2cccnc12. The Balaban J connectivity index is 2.13. The van der Waals surface area contributed by atoms with Crippen LogP contribution in [0, 0.1) is 5.92 Å². The summed E-state index contributed by atoms with van der Waals surface area (Å²) in [5.74, 6) is 0.919. The quantitative estimate of drug-likeness (QED) is 0.852. The zero-order valence-corrected chi connectivity index (χ0v) is 11.7. The van der Waals surface area contributed by atoms with Gasteiger partial charge in [-0.25, -0.2) is 0 Å².